The molecule has 3 heteroatoms. The molecule has 1 aromatic rings. The average molecular weight is 217 g/mol. The molecule has 16 heavy (non-hydrogen) atoms. The Balaban J connectivity index is 2.67. The van der Waals surface area contributed by atoms with Gasteiger partial charge in [0.15, 0.2) is 0 Å². The topological polar surface area (TPSA) is 42.1 Å². The summed E-state index contributed by atoms with van der Waals surface area (Å²) in [6.45, 7) is 10.4. The summed E-state index contributed by atoms with van der Waals surface area (Å²) >= 11 is 0. The molecule has 1 heterocycles. The molecule has 86 valence electrons. The van der Waals surface area contributed by atoms with Crippen LogP contribution in [-0.2, 0) is 13.1 Å². The van der Waals surface area contributed by atoms with Crippen molar-refractivity contribution in [3.05, 3.63) is 54.9 Å². The first-order valence-electron chi connectivity index (χ1n) is 5.39. The maximum Gasteiger partial charge on any atom is 0.0548 e. The summed E-state index contributed by atoms with van der Waals surface area (Å²) in [6, 6.07) is 5.94. The summed E-state index contributed by atoms with van der Waals surface area (Å²) in [4.78, 5) is 6.67. The Labute approximate surface area is 97.3 Å². The molecule has 0 radical (unpaired) electrons. The molecule has 0 aliphatic rings. The van der Waals surface area contributed by atoms with Gasteiger partial charge in [-0.3, -0.25) is 9.88 Å². The Morgan fingerprint density at radius 3 is 2.38 bits per heavy atom. The van der Waals surface area contributed by atoms with Gasteiger partial charge in [-0.15, -0.1) is 13.2 Å². The molecule has 0 amide bonds. The fraction of sp³-hybridized carbons (Fsp3) is 0.308. The van der Waals surface area contributed by atoms with E-state index in [0.717, 1.165) is 31.0 Å². The molecule has 0 aromatic carbocycles. The summed E-state index contributed by atoms with van der Waals surface area (Å²) in [5, 5.41) is 0. The lowest BCUT2D eigenvalue weighted by molar-refractivity contribution is 0.323. The van der Waals surface area contributed by atoms with Crippen molar-refractivity contribution < 1.29 is 0 Å². The Hall–Kier alpha value is -1.45. The van der Waals surface area contributed by atoms with E-state index in [1.165, 1.54) is 0 Å². The first-order chi connectivity index (χ1) is 7.80. The van der Waals surface area contributed by atoms with Crippen molar-refractivity contribution in [1.29, 1.82) is 0 Å². The second-order valence-electron chi connectivity index (χ2n) is 3.60. The van der Waals surface area contributed by atoms with Crippen LogP contribution in [0.3, 0.4) is 0 Å². The zero-order chi connectivity index (χ0) is 11.8. The summed E-state index contributed by atoms with van der Waals surface area (Å²) in [5.41, 5.74) is 7.52. The van der Waals surface area contributed by atoms with E-state index < -0.39 is 0 Å². The van der Waals surface area contributed by atoms with E-state index in [1.807, 2.05) is 30.4 Å². The molecular weight excluding hydrogens is 198 g/mol. The van der Waals surface area contributed by atoms with Crippen molar-refractivity contribution in [2.45, 2.75) is 13.1 Å². The van der Waals surface area contributed by atoms with E-state index in [0.29, 0.717) is 6.54 Å². The SMILES string of the molecule is C=CCN(CC=C)Cc1cccc(CN)n1. The third-order valence-corrected chi connectivity index (χ3v) is 2.23. The monoisotopic (exact) mass is 217 g/mol. The van der Waals surface area contributed by atoms with Gasteiger partial charge in [0, 0.05) is 26.2 Å². The molecule has 0 aliphatic heterocycles. The number of pyridine rings is 1. The minimum atomic E-state index is 0.483. The molecule has 0 fully saturated rings. The molecule has 1 aromatic heterocycles. The smallest absolute Gasteiger partial charge is 0.0548 e. The largest absolute Gasteiger partial charge is 0.325 e. The van der Waals surface area contributed by atoms with Gasteiger partial charge < -0.3 is 5.73 Å². The lowest BCUT2D eigenvalue weighted by Gasteiger charge is -2.18. The van der Waals surface area contributed by atoms with Crippen molar-refractivity contribution in [2.75, 3.05) is 13.1 Å². The van der Waals surface area contributed by atoms with Crippen LogP contribution in [0.4, 0.5) is 0 Å². The number of aromatic nitrogens is 1. The number of nitrogens with two attached hydrogens (primary N) is 1. The summed E-state index contributed by atoms with van der Waals surface area (Å²) in [5.74, 6) is 0. The number of nitrogens with zero attached hydrogens (tertiary/aromatic N) is 2. The van der Waals surface area contributed by atoms with Crippen molar-refractivity contribution in [3.63, 3.8) is 0 Å². The number of hydrogen-bond acceptors (Lipinski definition) is 3. The molecule has 0 bridgehead atoms. The standard InChI is InChI=1S/C13H19N3/c1-3-8-16(9-4-2)11-13-7-5-6-12(10-14)15-13/h3-7H,1-2,8-11,14H2. The third-order valence-electron chi connectivity index (χ3n) is 2.23. The van der Waals surface area contributed by atoms with Gasteiger partial charge in [0.05, 0.1) is 11.4 Å². The van der Waals surface area contributed by atoms with Crippen LogP contribution in [0.2, 0.25) is 0 Å². The van der Waals surface area contributed by atoms with E-state index >= 15 is 0 Å². The van der Waals surface area contributed by atoms with Crippen molar-refractivity contribution in [3.8, 4) is 0 Å². The van der Waals surface area contributed by atoms with Crippen LogP contribution in [0.5, 0.6) is 0 Å². The van der Waals surface area contributed by atoms with Gasteiger partial charge in [0.25, 0.3) is 0 Å². The van der Waals surface area contributed by atoms with Gasteiger partial charge in [0.2, 0.25) is 0 Å². The van der Waals surface area contributed by atoms with Gasteiger partial charge in [-0.1, -0.05) is 18.2 Å². The van der Waals surface area contributed by atoms with Crippen molar-refractivity contribution in [2.24, 2.45) is 5.73 Å². The first kappa shape index (κ1) is 12.6. The predicted molar refractivity (Wildman–Crippen MR) is 67.8 cm³/mol. The summed E-state index contributed by atoms with van der Waals surface area (Å²) in [7, 11) is 0. The Bertz CT molecular complexity index is 337. The second-order valence-corrected chi connectivity index (χ2v) is 3.60. The first-order valence-corrected chi connectivity index (χ1v) is 5.39. The van der Waals surface area contributed by atoms with Crippen LogP contribution in [0.25, 0.3) is 0 Å². The molecule has 2 N–H and O–H groups in total. The van der Waals surface area contributed by atoms with Gasteiger partial charge in [0.1, 0.15) is 0 Å². The van der Waals surface area contributed by atoms with E-state index in [2.05, 4.69) is 23.0 Å². The van der Waals surface area contributed by atoms with Gasteiger partial charge in [-0.2, -0.15) is 0 Å². The summed E-state index contributed by atoms with van der Waals surface area (Å²) in [6.07, 6.45) is 3.77. The maximum atomic E-state index is 5.56. The van der Waals surface area contributed by atoms with Gasteiger partial charge in [-0.25, -0.2) is 0 Å². The predicted octanol–water partition coefficient (Wildman–Crippen LogP) is 1.71. The van der Waals surface area contributed by atoms with Gasteiger partial charge in [-0.05, 0) is 12.1 Å². The molecule has 0 atom stereocenters. The van der Waals surface area contributed by atoms with E-state index in [4.69, 9.17) is 5.73 Å². The van der Waals surface area contributed by atoms with Crippen molar-refractivity contribution >= 4 is 0 Å². The molecule has 3 nitrogen and oxygen atoms in total. The Kier molecular flexibility index (Phi) is 5.46. The van der Waals surface area contributed by atoms with E-state index in [1.54, 1.807) is 0 Å². The van der Waals surface area contributed by atoms with Crippen LogP contribution in [0.1, 0.15) is 11.4 Å². The normalized spacial score (nSPS) is 10.4. The quantitative estimate of drug-likeness (QED) is 0.707. The van der Waals surface area contributed by atoms with E-state index in [-0.39, 0.29) is 0 Å². The molecule has 0 spiro atoms. The zero-order valence-corrected chi connectivity index (χ0v) is 9.60. The average Bonchev–Trinajstić information content (AvgIpc) is 2.30. The molecule has 1 rings (SSSR count). The van der Waals surface area contributed by atoms with Crippen LogP contribution >= 0.6 is 0 Å². The molecule has 0 saturated carbocycles. The van der Waals surface area contributed by atoms with Crippen LogP contribution in [0.15, 0.2) is 43.5 Å². The lowest BCUT2D eigenvalue weighted by Crippen LogP contribution is -2.24. The zero-order valence-electron chi connectivity index (χ0n) is 9.60. The Morgan fingerprint density at radius 1 is 1.19 bits per heavy atom. The molecule has 0 saturated heterocycles. The van der Waals surface area contributed by atoms with Crippen LogP contribution in [-0.4, -0.2) is 23.0 Å². The fourth-order valence-corrected chi connectivity index (χ4v) is 1.53. The Morgan fingerprint density at radius 2 is 1.81 bits per heavy atom. The van der Waals surface area contributed by atoms with Crippen LogP contribution < -0.4 is 5.73 Å². The third kappa shape index (κ3) is 3.96. The number of rotatable bonds is 7. The minimum absolute atomic E-state index is 0.483. The molecular formula is C13H19N3. The maximum absolute atomic E-state index is 5.56. The highest BCUT2D eigenvalue weighted by atomic mass is 15.1. The number of hydrogen-bond donors (Lipinski definition) is 1. The summed E-state index contributed by atoms with van der Waals surface area (Å²) < 4.78 is 0. The van der Waals surface area contributed by atoms with Crippen molar-refractivity contribution in [1.82, 2.24) is 9.88 Å². The van der Waals surface area contributed by atoms with E-state index in [9.17, 15) is 0 Å². The second kappa shape index (κ2) is 6.93. The molecule has 0 aliphatic carbocycles. The van der Waals surface area contributed by atoms with Gasteiger partial charge >= 0.3 is 0 Å². The molecule has 0 unspecified atom stereocenters. The highest BCUT2D eigenvalue weighted by Gasteiger charge is 2.03. The van der Waals surface area contributed by atoms with Crippen LogP contribution in [0, 0.1) is 0 Å². The lowest BCUT2D eigenvalue weighted by atomic mass is 10.2. The fourth-order valence-electron chi connectivity index (χ4n) is 1.53. The highest BCUT2D eigenvalue weighted by molar-refractivity contribution is 5.11. The minimum Gasteiger partial charge on any atom is -0.325 e. The highest BCUT2D eigenvalue weighted by Crippen LogP contribution is 2.03.